The summed E-state index contributed by atoms with van der Waals surface area (Å²) in [6.07, 6.45) is 0.715. The van der Waals surface area contributed by atoms with Crippen molar-refractivity contribution in [1.29, 1.82) is 0 Å². The highest BCUT2D eigenvalue weighted by Gasteiger charge is 2.19. The Bertz CT molecular complexity index is 617. The van der Waals surface area contributed by atoms with Gasteiger partial charge in [0.25, 0.3) is 0 Å². The molecule has 0 aromatic heterocycles. The molecule has 2 aromatic carbocycles. The van der Waals surface area contributed by atoms with E-state index in [1.54, 1.807) is 12.1 Å². The van der Waals surface area contributed by atoms with E-state index in [4.69, 9.17) is 4.74 Å². The standard InChI is InChI=1S/C15H12O3/c16-15(17)12-6-3-5-10-8-11-4-1-2-7-14(11)18-9-13(10)12/h1-7H,8-9H2,(H,16,17). The maximum Gasteiger partial charge on any atom is 0.336 e. The molecule has 0 bridgehead atoms. The van der Waals surface area contributed by atoms with Crippen LogP contribution in [0.3, 0.4) is 0 Å². The first-order valence-corrected chi connectivity index (χ1v) is 5.80. The van der Waals surface area contributed by atoms with Gasteiger partial charge in [-0.2, -0.15) is 0 Å². The van der Waals surface area contributed by atoms with Crippen LogP contribution >= 0.6 is 0 Å². The van der Waals surface area contributed by atoms with Gasteiger partial charge in [-0.15, -0.1) is 0 Å². The van der Waals surface area contributed by atoms with Crippen LogP contribution in [0.1, 0.15) is 27.0 Å². The number of benzene rings is 2. The average molecular weight is 240 g/mol. The first-order valence-electron chi connectivity index (χ1n) is 5.80. The molecule has 3 rings (SSSR count). The molecule has 3 nitrogen and oxygen atoms in total. The van der Waals surface area contributed by atoms with Gasteiger partial charge in [0.05, 0.1) is 5.56 Å². The predicted molar refractivity (Wildman–Crippen MR) is 67.0 cm³/mol. The Kier molecular flexibility index (Phi) is 2.52. The smallest absolute Gasteiger partial charge is 0.336 e. The number of para-hydroxylation sites is 1. The molecule has 0 fully saturated rings. The van der Waals surface area contributed by atoms with Crippen molar-refractivity contribution in [2.24, 2.45) is 0 Å². The van der Waals surface area contributed by atoms with Crippen molar-refractivity contribution >= 4 is 5.97 Å². The van der Waals surface area contributed by atoms with Gasteiger partial charge in [0, 0.05) is 12.0 Å². The zero-order valence-corrected chi connectivity index (χ0v) is 9.72. The Morgan fingerprint density at radius 1 is 1.06 bits per heavy atom. The molecular formula is C15H12O3. The van der Waals surface area contributed by atoms with Crippen molar-refractivity contribution in [3.8, 4) is 5.75 Å². The van der Waals surface area contributed by atoms with E-state index in [-0.39, 0.29) is 0 Å². The second kappa shape index (κ2) is 4.18. The summed E-state index contributed by atoms with van der Waals surface area (Å²) in [5.41, 5.74) is 3.24. The zero-order valence-electron chi connectivity index (χ0n) is 9.72. The van der Waals surface area contributed by atoms with Crippen LogP contribution in [0, 0.1) is 0 Å². The lowest BCUT2D eigenvalue weighted by molar-refractivity contribution is 0.0694. The molecule has 2 aromatic rings. The van der Waals surface area contributed by atoms with E-state index in [0.29, 0.717) is 18.6 Å². The van der Waals surface area contributed by atoms with Crippen molar-refractivity contribution in [3.05, 3.63) is 64.7 Å². The molecule has 0 saturated heterocycles. The van der Waals surface area contributed by atoms with Gasteiger partial charge in [0.2, 0.25) is 0 Å². The van der Waals surface area contributed by atoms with Crippen LogP contribution in [0.15, 0.2) is 42.5 Å². The van der Waals surface area contributed by atoms with E-state index in [9.17, 15) is 9.90 Å². The number of aromatic carboxylic acids is 1. The summed E-state index contributed by atoms with van der Waals surface area (Å²) >= 11 is 0. The van der Waals surface area contributed by atoms with Gasteiger partial charge in [0.1, 0.15) is 12.4 Å². The van der Waals surface area contributed by atoms with E-state index in [0.717, 1.165) is 22.4 Å². The van der Waals surface area contributed by atoms with E-state index >= 15 is 0 Å². The maximum absolute atomic E-state index is 11.2. The van der Waals surface area contributed by atoms with Crippen molar-refractivity contribution in [2.75, 3.05) is 0 Å². The minimum Gasteiger partial charge on any atom is -0.489 e. The first kappa shape index (κ1) is 10.8. The number of carboxylic acids is 1. The second-order valence-electron chi connectivity index (χ2n) is 4.32. The Labute approximate surface area is 105 Å². The molecule has 0 spiro atoms. The first-order chi connectivity index (χ1) is 8.75. The Morgan fingerprint density at radius 2 is 1.83 bits per heavy atom. The molecule has 3 heteroatoms. The monoisotopic (exact) mass is 240 g/mol. The molecule has 0 unspecified atom stereocenters. The molecule has 0 radical (unpaired) electrons. The number of carbonyl (C=O) groups is 1. The van der Waals surface area contributed by atoms with E-state index in [2.05, 4.69) is 0 Å². The molecule has 1 aliphatic rings. The normalized spacial score (nSPS) is 12.9. The summed E-state index contributed by atoms with van der Waals surface area (Å²) in [5.74, 6) is -0.0635. The molecule has 0 amide bonds. The third-order valence-corrected chi connectivity index (χ3v) is 3.23. The largest absolute Gasteiger partial charge is 0.489 e. The quantitative estimate of drug-likeness (QED) is 0.833. The number of fused-ring (bicyclic) bond motifs is 2. The van der Waals surface area contributed by atoms with Gasteiger partial charge in [-0.25, -0.2) is 4.79 Å². The number of hydrogen-bond donors (Lipinski definition) is 1. The van der Waals surface area contributed by atoms with Crippen LogP contribution in [-0.2, 0) is 13.0 Å². The highest BCUT2D eigenvalue weighted by atomic mass is 16.5. The van der Waals surface area contributed by atoms with Crippen molar-refractivity contribution in [1.82, 2.24) is 0 Å². The summed E-state index contributed by atoms with van der Waals surface area (Å²) in [5, 5.41) is 9.19. The van der Waals surface area contributed by atoms with Gasteiger partial charge in [-0.3, -0.25) is 0 Å². The van der Waals surface area contributed by atoms with Crippen LogP contribution in [0.5, 0.6) is 5.75 Å². The average Bonchev–Trinajstić information content (AvgIpc) is 2.56. The molecule has 18 heavy (non-hydrogen) atoms. The van der Waals surface area contributed by atoms with Crippen LogP contribution < -0.4 is 4.74 Å². The molecule has 0 saturated carbocycles. The number of carboxylic acid groups (broad SMARTS) is 1. The molecule has 0 atom stereocenters. The van der Waals surface area contributed by atoms with E-state index in [1.165, 1.54) is 0 Å². The third-order valence-electron chi connectivity index (χ3n) is 3.23. The highest BCUT2D eigenvalue weighted by Crippen LogP contribution is 2.29. The number of ether oxygens (including phenoxy) is 1. The molecule has 1 aliphatic heterocycles. The van der Waals surface area contributed by atoms with E-state index < -0.39 is 5.97 Å². The van der Waals surface area contributed by atoms with Gasteiger partial charge < -0.3 is 9.84 Å². The van der Waals surface area contributed by atoms with Crippen LogP contribution in [0.25, 0.3) is 0 Å². The lowest BCUT2D eigenvalue weighted by Gasteiger charge is -2.08. The number of hydrogen-bond acceptors (Lipinski definition) is 2. The maximum atomic E-state index is 11.2. The summed E-state index contributed by atoms with van der Waals surface area (Å²) in [6, 6.07) is 13.2. The van der Waals surface area contributed by atoms with Gasteiger partial charge in [-0.05, 0) is 23.3 Å². The molecule has 1 heterocycles. The molecular weight excluding hydrogens is 228 g/mol. The summed E-state index contributed by atoms with van der Waals surface area (Å²) in [6.45, 7) is 0.314. The summed E-state index contributed by atoms with van der Waals surface area (Å²) < 4.78 is 5.70. The SMILES string of the molecule is O=C(O)c1cccc2c1COc1ccccc1C2. The molecule has 90 valence electrons. The van der Waals surface area contributed by atoms with Crippen LogP contribution in [0.2, 0.25) is 0 Å². The highest BCUT2D eigenvalue weighted by molar-refractivity contribution is 5.89. The van der Waals surface area contributed by atoms with Crippen LogP contribution in [0.4, 0.5) is 0 Å². The summed E-state index contributed by atoms with van der Waals surface area (Å²) in [4.78, 5) is 11.2. The minimum atomic E-state index is -0.901. The third kappa shape index (κ3) is 1.74. The Hall–Kier alpha value is -2.29. The van der Waals surface area contributed by atoms with Crippen molar-refractivity contribution in [3.63, 3.8) is 0 Å². The number of rotatable bonds is 1. The van der Waals surface area contributed by atoms with Gasteiger partial charge in [0.15, 0.2) is 0 Å². The topological polar surface area (TPSA) is 46.5 Å². The van der Waals surface area contributed by atoms with E-state index in [1.807, 2.05) is 30.3 Å². The fourth-order valence-corrected chi connectivity index (χ4v) is 2.32. The molecule has 0 aliphatic carbocycles. The van der Waals surface area contributed by atoms with Gasteiger partial charge in [-0.1, -0.05) is 30.3 Å². The summed E-state index contributed by atoms with van der Waals surface area (Å²) in [7, 11) is 0. The molecule has 1 N–H and O–H groups in total. The Balaban J connectivity index is 2.12. The zero-order chi connectivity index (χ0) is 12.5. The lowest BCUT2D eigenvalue weighted by atomic mass is 9.97. The fraction of sp³-hybridized carbons (Fsp3) is 0.133. The van der Waals surface area contributed by atoms with Crippen molar-refractivity contribution in [2.45, 2.75) is 13.0 Å². The van der Waals surface area contributed by atoms with Crippen LogP contribution in [-0.4, -0.2) is 11.1 Å². The minimum absolute atomic E-state index is 0.314. The van der Waals surface area contributed by atoms with Crippen molar-refractivity contribution < 1.29 is 14.6 Å². The Morgan fingerprint density at radius 3 is 2.67 bits per heavy atom. The second-order valence-corrected chi connectivity index (χ2v) is 4.32. The lowest BCUT2D eigenvalue weighted by Crippen LogP contribution is -2.07. The fourth-order valence-electron chi connectivity index (χ4n) is 2.32. The van der Waals surface area contributed by atoms with Gasteiger partial charge >= 0.3 is 5.97 Å². The predicted octanol–water partition coefficient (Wildman–Crippen LogP) is 2.87.